The van der Waals surface area contributed by atoms with Crippen LogP contribution < -0.4 is 15.1 Å². The first-order valence-electron chi connectivity index (χ1n) is 9.23. The van der Waals surface area contributed by atoms with Crippen LogP contribution in [0.5, 0.6) is 0 Å². The number of para-hydroxylation sites is 1. The van der Waals surface area contributed by atoms with Gasteiger partial charge in [-0.1, -0.05) is 23.4 Å². The second-order valence-corrected chi connectivity index (χ2v) is 8.55. The Morgan fingerprint density at radius 3 is 2.59 bits per heavy atom. The van der Waals surface area contributed by atoms with Crippen LogP contribution in [-0.4, -0.2) is 43.8 Å². The average molecular weight is 420 g/mol. The Morgan fingerprint density at radius 1 is 1.28 bits per heavy atom. The van der Waals surface area contributed by atoms with E-state index in [1.165, 1.54) is 6.08 Å². The highest BCUT2D eigenvalue weighted by atomic mass is 32.2. The molecule has 1 amide bonds. The van der Waals surface area contributed by atoms with E-state index in [0.717, 1.165) is 11.3 Å². The molecular formula is C19H24N4O5S. The summed E-state index contributed by atoms with van der Waals surface area (Å²) in [6, 6.07) is 7.41. The van der Waals surface area contributed by atoms with Crippen molar-refractivity contribution in [2.75, 3.05) is 18.0 Å². The number of aryl methyl sites for hydroxylation is 2. The van der Waals surface area contributed by atoms with E-state index in [0.29, 0.717) is 31.6 Å². The summed E-state index contributed by atoms with van der Waals surface area (Å²) in [5.74, 6) is -0.327. The van der Waals surface area contributed by atoms with Crippen LogP contribution in [0.3, 0.4) is 0 Å². The average Bonchev–Trinajstić information content (AvgIpc) is 3.05. The second kappa shape index (κ2) is 8.76. The molecule has 2 aromatic rings. The monoisotopic (exact) mass is 420 g/mol. The number of sulfonamides is 1. The van der Waals surface area contributed by atoms with Gasteiger partial charge in [0, 0.05) is 30.9 Å². The molecule has 1 aromatic heterocycles. The normalized spacial score (nSPS) is 15.8. The predicted molar refractivity (Wildman–Crippen MR) is 107 cm³/mol. The highest BCUT2D eigenvalue weighted by Gasteiger charge is 2.29. The Morgan fingerprint density at radius 2 is 1.97 bits per heavy atom. The first-order chi connectivity index (χ1) is 13.8. The molecular weight excluding hydrogens is 396 g/mol. The highest BCUT2D eigenvalue weighted by molar-refractivity contribution is 7.89. The number of nitrogens with zero attached hydrogens (tertiary/aromatic N) is 2. The van der Waals surface area contributed by atoms with Gasteiger partial charge in [0.1, 0.15) is 10.6 Å². The van der Waals surface area contributed by atoms with Crippen molar-refractivity contribution in [2.24, 2.45) is 0 Å². The van der Waals surface area contributed by atoms with Crippen LogP contribution in [0.2, 0.25) is 0 Å². The number of hydrogen-bond donors (Lipinski definition) is 3. The number of hydrogen-bond acceptors (Lipinski definition) is 7. The molecule has 1 aromatic carbocycles. The number of benzene rings is 1. The zero-order valence-corrected chi connectivity index (χ0v) is 17.1. The van der Waals surface area contributed by atoms with E-state index in [1.54, 1.807) is 25.4 Å². The molecule has 3 N–H and O–H groups in total. The van der Waals surface area contributed by atoms with Gasteiger partial charge in [0.25, 0.3) is 5.91 Å². The number of nitrogens with one attached hydrogen (secondary N) is 2. The molecule has 2 heterocycles. The molecule has 1 saturated heterocycles. The minimum absolute atomic E-state index is 0.109. The van der Waals surface area contributed by atoms with Gasteiger partial charge in [-0.3, -0.25) is 10.0 Å². The number of carbonyl (C=O) groups is 1. The third kappa shape index (κ3) is 4.84. The Balaban J connectivity index is 1.67. The molecule has 0 unspecified atom stereocenters. The highest BCUT2D eigenvalue weighted by Crippen LogP contribution is 2.26. The van der Waals surface area contributed by atoms with Gasteiger partial charge in [0.2, 0.25) is 10.0 Å². The van der Waals surface area contributed by atoms with Gasteiger partial charge < -0.3 is 9.42 Å². The second-order valence-electron chi connectivity index (χ2n) is 6.90. The van der Waals surface area contributed by atoms with Gasteiger partial charge in [-0.2, -0.15) is 0 Å². The SMILES string of the molecule is Cc1noc(C)c1S(=O)(=O)NC1CCN(c2ccccc2/C=C/C(=O)NO)CC1. The fourth-order valence-corrected chi connectivity index (χ4v) is 5.13. The summed E-state index contributed by atoms with van der Waals surface area (Å²) in [7, 11) is -3.69. The van der Waals surface area contributed by atoms with Crippen LogP contribution in [-0.2, 0) is 14.8 Å². The third-order valence-electron chi connectivity index (χ3n) is 4.86. The molecule has 1 aliphatic heterocycles. The minimum atomic E-state index is -3.69. The van der Waals surface area contributed by atoms with Crippen LogP contribution in [0.15, 0.2) is 39.8 Å². The standard InChI is InChI=1S/C19H24N4O5S/c1-13-19(14(2)28-21-13)29(26,27)22-16-9-11-23(12-10-16)17-6-4-3-5-15(17)7-8-18(24)20-25/h3-8,16,22,25H,9-12H2,1-2H3,(H,20,24)/b8-7+. The molecule has 0 bridgehead atoms. The molecule has 0 radical (unpaired) electrons. The smallest absolute Gasteiger partial charge is 0.267 e. The van der Waals surface area contributed by atoms with Crippen molar-refractivity contribution in [3.05, 3.63) is 47.4 Å². The van der Waals surface area contributed by atoms with E-state index in [4.69, 9.17) is 9.73 Å². The summed E-state index contributed by atoms with van der Waals surface area (Å²) < 4.78 is 33.1. The molecule has 9 nitrogen and oxygen atoms in total. The number of aromatic nitrogens is 1. The molecule has 0 atom stereocenters. The summed E-state index contributed by atoms with van der Waals surface area (Å²) >= 11 is 0. The van der Waals surface area contributed by atoms with E-state index in [2.05, 4.69) is 14.8 Å². The Kier molecular flexibility index (Phi) is 6.36. The van der Waals surface area contributed by atoms with Gasteiger partial charge in [0.15, 0.2) is 5.76 Å². The zero-order valence-electron chi connectivity index (χ0n) is 16.3. The summed E-state index contributed by atoms with van der Waals surface area (Å²) in [5, 5.41) is 12.3. The maximum Gasteiger partial charge on any atom is 0.267 e. The number of carbonyl (C=O) groups excluding carboxylic acids is 1. The van der Waals surface area contributed by atoms with Crippen molar-refractivity contribution in [3.8, 4) is 0 Å². The van der Waals surface area contributed by atoms with Crippen LogP contribution in [0.25, 0.3) is 6.08 Å². The Bertz CT molecular complexity index is 988. The fourth-order valence-electron chi connectivity index (χ4n) is 3.49. The lowest BCUT2D eigenvalue weighted by Crippen LogP contribution is -2.45. The molecule has 0 saturated carbocycles. The zero-order chi connectivity index (χ0) is 21.0. The largest absolute Gasteiger partial charge is 0.371 e. The van der Waals surface area contributed by atoms with Crippen LogP contribution in [0.1, 0.15) is 29.9 Å². The molecule has 0 aliphatic carbocycles. The van der Waals surface area contributed by atoms with Crippen LogP contribution in [0, 0.1) is 13.8 Å². The van der Waals surface area contributed by atoms with Crippen molar-refractivity contribution in [2.45, 2.75) is 37.6 Å². The topological polar surface area (TPSA) is 125 Å². The third-order valence-corrected chi connectivity index (χ3v) is 6.62. The maximum atomic E-state index is 12.7. The van der Waals surface area contributed by atoms with Crippen LogP contribution in [0.4, 0.5) is 5.69 Å². The van der Waals surface area contributed by atoms with Gasteiger partial charge in [-0.15, -0.1) is 0 Å². The number of anilines is 1. The summed E-state index contributed by atoms with van der Waals surface area (Å²) in [6.07, 6.45) is 4.16. The number of rotatable bonds is 6. The fraction of sp³-hybridized carbons (Fsp3) is 0.368. The van der Waals surface area contributed by atoms with E-state index in [9.17, 15) is 13.2 Å². The Labute approximate surface area is 169 Å². The predicted octanol–water partition coefficient (Wildman–Crippen LogP) is 1.76. The van der Waals surface area contributed by atoms with E-state index >= 15 is 0 Å². The van der Waals surface area contributed by atoms with Crippen molar-refractivity contribution < 1.29 is 22.9 Å². The van der Waals surface area contributed by atoms with Crippen LogP contribution >= 0.6 is 0 Å². The van der Waals surface area contributed by atoms with Crippen molar-refractivity contribution >= 4 is 27.7 Å². The van der Waals surface area contributed by atoms with Crippen molar-refractivity contribution in [3.63, 3.8) is 0 Å². The first kappa shape index (κ1) is 21.0. The lowest BCUT2D eigenvalue weighted by molar-refractivity contribution is -0.124. The van der Waals surface area contributed by atoms with E-state index in [1.807, 2.05) is 24.3 Å². The number of hydroxylamine groups is 1. The van der Waals surface area contributed by atoms with Gasteiger partial charge in [0.05, 0.1) is 0 Å². The molecule has 3 rings (SSSR count). The molecule has 10 heteroatoms. The van der Waals surface area contributed by atoms with Gasteiger partial charge >= 0.3 is 0 Å². The van der Waals surface area contributed by atoms with Crippen molar-refractivity contribution in [1.29, 1.82) is 0 Å². The lowest BCUT2D eigenvalue weighted by atomic mass is 10.0. The molecule has 0 spiro atoms. The van der Waals surface area contributed by atoms with Gasteiger partial charge in [-0.25, -0.2) is 18.6 Å². The lowest BCUT2D eigenvalue weighted by Gasteiger charge is -2.34. The van der Waals surface area contributed by atoms with Gasteiger partial charge in [-0.05, 0) is 44.4 Å². The maximum absolute atomic E-state index is 12.7. The molecule has 156 valence electrons. The molecule has 1 fully saturated rings. The van der Waals surface area contributed by atoms with E-state index < -0.39 is 15.9 Å². The molecule has 29 heavy (non-hydrogen) atoms. The quantitative estimate of drug-likeness (QED) is 0.369. The number of amides is 1. The minimum Gasteiger partial charge on any atom is -0.371 e. The summed E-state index contributed by atoms with van der Waals surface area (Å²) in [4.78, 5) is 13.5. The molecule has 1 aliphatic rings. The van der Waals surface area contributed by atoms with E-state index in [-0.39, 0.29) is 16.7 Å². The Hall–Kier alpha value is -2.69. The summed E-state index contributed by atoms with van der Waals surface area (Å²) in [5.41, 5.74) is 3.70. The van der Waals surface area contributed by atoms with Crippen molar-refractivity contribution in [1.82, 2.24) is 15.4 Å². The summed E-state index contributed by atoms with van der Waals surface area (Å²) in [6.45, 7) is 4.51. The number of piperidine rings is 1. The first-order valence-corrected chi connectivity index (χ1v) is 10.7.